The molecule has 1 aromatic carbocycles. The monoisotopic (exact) mass is 424 g/mol. The molecule has 1 unspecified atom stereocenters. The largest absolute Gasteiger partial charge is 0.493 e. The number of fused-ring (bicyclic) bond motifs is 1. The van der Waals surface area contributed by atoms with Crippen LogP contribution in [0.1, 0.15) is 63.7 Å². The first-order valence-corrected chi connectivity index (χ1v) is 10.4. The van der Waals surface area contributed by atoms with Crippen molar-refractivity contribution in [3.05, 3.63) is 17.2 Å². The third kappa shape index (κ3) is 6.25. The van der Waals surface area contributed by atoms with Gasteiger partial charge in [-0.15, -0.1) is 0 Å². The molecule has 0 aliphatic heterocycles. The summed E-state index contributed by atoms with van der Waals surface area (Å²) in [6.45, 7) is 5.83. The van der Waals surface area contributed by atoms with Crippen molar-refractivity contribution in [3.8, 4) is 17.2 Å². The average molecular weight is 425 g/mol. The predicted octanol–water partition coefficient (Wildman–Crippen LogP) is 4.45. The van der Waals surface area contributed by atoms with Crippen LogP contribution in [0.15, 0.2) is 6.07 Å². The van der Waals surface area contributed by atoms with Gasteiger partial charge in [0, 0.05) is 19.1 Å². The molecular formula is C23H36O7. The number of carbonyl (C=O) groups excluding carboxylic acids is 1. The van der Waals surface area contributed by atoms with Crippen LogP contribution in [0.4, 0.5) is 0 Å². The van der Waals surface area contributed by atoms with E-state index >= 15 is 0 Å². The zero-order valence-corrected chi connectivity index (χ0v) is 19.3. The molecule has 0 aromatic heterocycles. The molecule has 0 fully saturated rings. The number of hydrogen-bond acceptors (Lipinski definition) is 7. The zero-order valence-electron chi connectivity index (χ0n) is 19.3. The second kappa shape index (κ2) is 10.9. The van der Waals surface area contributed by atoms with Crippen LogP contribution in [0.2, 0.25) is 0 Å². The molecule has 30 heavy (non-hydrogen) atoms. The second-order valence-electron chi connectivity index (χ2n) is 8.54. The highest BCUT2D eigenvalue weighted by Gasteiger charge is 2.31. The standard InChI is InChI=1S/C23H36O7/c1-23(2,3)30-20(24)11-9-15-8-10-16-17(18(12-15)29-14-25-4)13-19(26-5)22(28-7)21(16)27-6/h13,15,18H,8-12,14H2,1-7H3/t15-,18?/m0/s1. The van der Waals surface area contributed by atoms with Gasteiger partial charge in [0.15, 0.2) is 11.5 Å². The van der Waals surface area contributed by atoms with Gasteiger partial charge in [-0.05, 0) is 64.0 Å². The second-order valence-corrected chi connectivity index (χ2v) is 8.54. The smallest absolute Gasteiger partial charge is 0.306 e. The molecule has 0 heterocycles. The summed E-state index contributed by atoms with van der Waals surface area (Å²) >= 11 is 0. The van der Waals surface area contributed by atoms with Crippen molar-refractivity contribution >= 4 is 5.97 Å². The number of methoxy groups -OCH3 is 4. The van der Waals surface area contributed by atoms with E-state index in [4.69, 9.17) is 28.4 Å². The van der Waals surface area contributed by atoms with Crippen molar-refractivity contribution in [1.82, 2.24) is 0 Å². The van der Waals surface area contributed by atoms with Gasteiger partial charge in [0.1, 0.15) is 12.4 Å². The van der Waals surface area contributed by atoms with Gasteiger partial charge < -0.3 is 28.4 Å². The zero-order chi connectivity index (χ0) is 22.3. The molecule has 7 heteroatoms. The minimum absolute atomic E-state index is 0.167. The quantitative estimate of drug-likeness (QED) is 0.329. The lowest BCUT2D eigenvalue weighted by Crippen LogP contribution is -2.24. The van der Waals surface area contributed by atoms with E-state index < -0.39 is 5.60 Å². The van der Waals surface area contributed by atoms with E-state index in [1.165, 1.54) is 0 Å². The van der Waals surface area contributed by atoms with Gasteiger partial charge in [-0.3, -0.25) is 4.79 Å². The van der Waals surface area contributed by atoms with E-state index in [0.717, 1.165) is 36.8 Å². The van der Waals surface area contributed by atoms with E-state index in [2.05, 4.69) is 0 Å². The molecule has 0 N–H and O–H groups in total. The first kappa shape index (κ1) is 24.3. The summed E-state index contributed by atoms with van der Waals surface area (Å²) in [4.78, 5) is 12.2. The van der Waals surface area contributed by atoms with Gasteiger partial charge in [-0.2, -0.15) is 0 Å². The first-order valence-electron chi connectivity index (χ1n) is 10.4. The van der Waals surface area contributed by atoms with Crippen molar-refractivity contribution in [1.29, 1.82) is 0 Å². The third-order valence-corrected chi connectivity index (χ3v) is 5.23. The van der Waals surface area contributed by atoms with Crippen molar-refractivity contribution in [2.24, 2.45) is 5.92 Å². The molecule has 2 atom stereocenters. The highest BCUT2D eigenvalue weighted by atomic mass is 16.7. The Morgan fingerprint density at radius 1 is 1.07 bits per heavy atom. The van der Waals surface area contributed by atoms with Gasteiger partial charge in [0.05, 0.1) is 27.4 Å². The van der Waals surface area contributed by atoms with E-state index in [9.17, 15) is 4.79 Å². The topological polar surface area (TPSA) is 72.5 Å². The Labute approximate surface area is 179 Å². The maximum Gasteiger partial charge on any atom is 0.306 e. The van der Waals surface area contributed by atoms with Gasteiger partial charge in [-0.1, -0.05) is 0 Å². The summed E-state index contributed by atoms with van der Waals surface area (Å²) in [7, 11) is 6.45. The average Bonchev–Trinajstić information content (AvgIpc) is 2.87. The summed E-state index contributed by atoms with van der Waals surface area (Å²) in [6.07, 6.45) is 3.42. The minimum Gasteiger partial charge on any atom is -0.493 e. The summed E-state index contributed by atoms with van der Waals surface area (Å²) in [5.41, 5.74) is 1.60. The molecule has 0 saturated carbocycles. The molecule has 170 valence electrons. The third-order valence-electron chi connectivity index (χ3n) is 5.23. The van der Waals surface area contributed by atoms with Crippen molar-refractivity contribution in [2.45, 2.75) is 64.6 Å². The Hall–Kier alpha value is -1.99. The van der Waals surface area contributed by atoms with Gasteiger partial charge in [-0.25, -0.2) is 0 Å². The van der Waals surface area contributed by atoms with Crippen LogP contribution in [0, 0.1) is 5.92 Å². The number of rotatable bonds is 9. The molecule has 0 saturated heterocycles. The Morgan fingerprint density at radius 2 is 1.77 bits per heavy atom. The van der Waals surface area contributed by atoms with Crippen molar-refractivity contribution in [2.75, 3.05) is 35.2 Å². The molecule has 1 aliphatic carbocycles. The van der Waals surface area contributed by atoms with Gasteiger partial charge >= 0.3 is 5.97 Å². The number of ether oxygens (including phenoxy) is 6. The summed E-state index contributed by atoms with van der Waals surface area (Å²) in [5.74, 6) is 1.99. The number of benzene rings is 1. The van der Waals surface area contributed by atoms with Gasteiger partial charge in [0.2, 0.25) is 5.75 Å². The first-order chi connectivity index (χ1) is 14.2. The molecule has 2 rings (SSSR count). The summed E-state index contributed by atoms with van der Waals surface area (Å²) < 4.78 is 33.5. The van der Waals surface area contributed by atoms with Crippen LogP contribution >= 0.6 is 0 Å². The van der Waals surface area contributed by atoms with Crippen LogP contribution in [0.5, 0.6) is 17.2 Å². The Bertz CT molecular complexity index is 708. The minimum atomic E-state index is -0.471. The summed E-state index contributed by atoms with van der Waals surface area (Å²) in [6, 6.07) is 1.97. The molecule has 1 aliphatic rings. The number of esters is 1. The Kier molecular flexibility index (Phi) is 8.79. The maximum absolute atomic E-state index is 12.2. The van der Waals surface area contributed by atoms with Crippen LogP contribution in [-0.2, 0) is 25.4 Å². The fraction of sp³-hybridized carbons (Fsp3) is 0.696. The normalized spacial score (nSPS) is 18.9. The fourth-order valence-corrected chi connectivity index (χ4v) is 3.96. The molecule has 0 bridgehead atoms. The lowest BCUT2D eigenvalue weighted by molar-refractivity contribution is -0.155. The lowest BCUT2D eigenvalue weighted by atomic mass is 9.93. The molecule has 0 radical (unpaired) electrons. The van der Waals surface area contributed by atoms with Crippen LogP contribution in [0.3, 0.4) is 0 Å². The lowest BCUT2D eigenvalue weighted by Gasteiger charge is -2.24. The van der Waals surface area contributed by atoms with E-state index in [0.29, 0.717) is 29.6 Å². The molecule has 0 amide bonds. The maximum atomic E-state index is 12.2. The predicted molar refractivity (Wildman–Crippen MR) is 113 cm³/mol. The van der Waals surface area contributed by atoms with Gasteiger partial charge in [0.25, 0.3) is 0 Å². The van der Waals surface area contributed by atoms with Crippen molar-refractivity contribution in [3.63, 3.8) is 0 Å². The molecule has 0 spiro atoms. The SMILES string of the molecule is COCOC1C[C@H](CCC(=O)OC(C)(C)C)CCc2c1cc(OC)c(OC)c2OC. The highest BCUT2D eigenvalue weighted by molar-refractivity contribution is 5.69. The molecule has 1 aromatic rings. The highest BCUT2D eigenvalue weighted by Crippen LogP contribution is 2.48. The Morgan fingerprint density at radius 3 is 2.33 bits per heavy atom. The van der Waals surface area contributed by atoms with Crippen LogP contribution in [0.25, 0.3) is 0 Å². The Balaban J connectivity index is 2.28. The van der Waals surface area contributed by atoms with Crippen LogP contribution in [-0.4, -0.2) is 46.8 Å². The fourth-order valence-electron chi connectivity index (χ4n) is 3.96. The molecule has 7 nitrogen and oxygen atoms in total. The van der Waals surface area contributed by atoms with E-state index in [1.807, 2.05) is 26.8 Å². The number of hydrogen-bond donors (Lipinski definition) is 0. The van der Waals surface area contributed by atoms with Crippen LogP contribution < -0.4 is 14.2 Å². The van der Waals surface area contributed by atoms with E-state index in [1.54, 1.807) is 28.4 Å². The molecular weight excluding hydrogens is 388 g/mol. The number of carbonyl (C=O) groups is 1. The summed E-state index contributed by atoms with van der Waals surface area (Å²) in [5, 5.41) is 0. The van der Waals surface area contributed by atoms with E-state index in [-0.39, 0.29) is 18.9 Å². The van der Waals surface area contributed by atoms with Crippen molar-refractivity contribution < 1.29 is 33.2 Å².